The van der Waals surface area contributed by atoms with Crippen LogP contribution in [0.3, 0.4) is 0 Å². The first kappa shape index (κ1) is 14.5. The Morgan fingerprint density at radius 1 is 1.00 bits per heavy atom. The first-order valence-corrected chi connectivity index (χ1v) is 8.56. The number of hydroxylamine groups is 2. The number of hydrogen-bond donors (Lipinski definition) is 1. The molecule has 2 heterocycles. The maximum Gasteiger partial charge on any atom is 0.365 e. The number of imide groups is 1. The molecule has 5 rings (SSSR count). The second-order valence-corrected chi connectivity index (χ2v) is 6.93. The molecule has 126 valence electrons. The van der Waals surface area contributed by atoms with Gasteiger partial charge in [-0.1, -0.05) is 17.2 Å². The van der Waals surface area contributed by atoms with Gasteiger partial charge in [0.15, 0.2) is 0 Å². The predicted octanol–water partition coefficient (Wildman–Crippen LogP) is 3.14. The van der Waals surface area contributed by atoms with Crippen LogP contribution in [-0.4, -0.2) is 27.8 Å². The van der Waals surface area contributed by atoms with Crippen molar-refractivity contribution in [2.75, 3.05) is 0 Å². The van der Waals surface area contributed by atoms with Crippen LogP contribution < -0.4 is 0 Å². The molecular weight excluding hydrogens is 320 g/mol. The normalized spacial score (nSPS) is 19.3. The van der Waals surface area contributed by atoms with Gasteiger partial charge in [0.2, 0.25) is 0 Å². The number of nitrogens with zero attached hydrogens (tertiary/aromatic N) is 1. The van der Waals surface area contributed by atoms with Gasteiger partial charge in [-0.25, -0.2) is 4.79 Å². The van der Waals surface area contributed by atoms with Crippen molar-refractivity contribution in [3.05, 3.63) is 58.4 Å². The lowest BCUT2D eigenvalue weighted by atomic mass is 10.1. The van der Waals surface area contributed by atoms with Gasteiger partial charge in [0.1, 0.15) is 0 Å². The second kappa shape index (κ2) is 5.05. The summed E-state index contributed by atoms with van der Waals surface area (Å²) in [7, 11) is 0. The molecule has 0 radical (unpaired) electrons. The lowest BCUT2D eigenvalue weighted by molar-refractivity contribution is -0.0585. The summed E-state index contributed by atoms with van der Waals surface area (Å²) in [6, 6.07) is 8.29. The first-order valence-electron chi connectivity index (χ1n) is 8.56. The molecule has 2 aliphatic carbocycles. The van der Waals surface area contributed by atoms with Crippen molar-refractivity contribution in [3.63, 3.8) is 0 Å². The zero-order chi connectivity index (χ0) is 17.1. The van der Waals surface area contributed by atoms with Crippen LogP contribution in [0.1, 0.15) is 80.0 Å². The molecule has 2 amide bonds. The Balaban J connectivity index is 1.43. The molecule has 1 aliphatic heterocycles. The van der Waals surface area contributed by atoms with Gasteiger partial charge in [-0.05, 0) is 55.7 Å². The van der Waals surface area contributed by atoms with Crippen LogP contribution in [0.2, 0.25) is 0 Å². The minimum Gasteiger partial charge on any atom is -0.361 e. The number of aromatic nitrogens is 1. The van der Waals surface area contributed by atoms with Crippen LogP contribution in [0, 0.1) is 0 Å². The van der Waals surface area contributed by atoms with Crippen LogP contribution in [0.4, 0.5) is 0 Å². The molecule has 0 atom stereocenters. The SMILES string of the molecule is O=C(ON1C(=O)c2ccccc2C1=O)c1cc(C2CC2)[nH]c1C1CC1. The monoisotopic (exact) mass is 336 g/mol. The summed E-state index contributed by atoms with van der Waals surface area (Å²) < 4.78 is 0. The molecule has 2 aromatic rings. The summed E-state index contributed by atoms with van der Waals surface area (Å²) >= 11 is 0. The largest absolute Gasteiger partial charge is 0.365 e. The average Bonchev–Trinajstić information content (AvgIpc) is 3.56. The third kappa shape index (κ3) is 2.28. The van der Waals surface area contributed by atoms with Crippen LogP contribution >= 0.6 is 0 Å². The fourth-order valence-corrected chi connectivity index (χ4v) is 3.35. The number of nitrogens with one attached hydrogen (secondary N) is 1. The van der Waals surface area contributed by atoms with Gasteiger partial charge >= 0.3 is 5.97 Å². The van der Waals surface area contributed by atoms with E-state index in [-0.39, 0.29) is 11.1 Å². The smallest absolute Gasteiger partial charge is 0.361 e. The molecule has 25 heavy (non-hydrogen) atoms. The lowest BCUT2D eigenvalue weighted by Crippen LogP contribution is -2.32. The van der Waals surface area contributed by atoms with Crippen molar-refractivity contribution in [1.82, 2.24) is 10.0 Å². The Hall–Kier alpha value is -2.89. The van der Waals surface area contributed by atoms with E-state index in [2.05, 4.69) is 4.98 Å². The van der Waals surface area contributed by atoms with Gasteiger partial charge in [-0.3, -0.25) is 9.59 Å². The molecule has 3 aliphatic rings. The van der Waals surface area contributed by atoms with Gasteiger partial charge in [0.05, 0.1) is 16.7 Å². The molecule has 6 nitrogen and oxygen atoms in total. The molecule has 1 N–H and O–H groups in total. The Morgan fingerprint density at radius 3 is 2.16 bits per heavy atom. The number of carbonyl (C=O) groups excluding carboxylic acids is 3. The van der Waals surface area contributed by atoms with Crippen molar-refractivity contribution in [2.24, 2.45) is 0 Å². The van der Waals surface area contributed by atoms with Crippen molar-refractivity contribution >= 4 is 17.8 Å². The third-order valence-corrected chi connectivity index (χ3v) is 5.02. The summed E-state index contributed by atoms with van der Waals surface area (Å²) in [5, 5.41) is 0.577. The number of hydrogen-bond acceptors (Lipinski definition) is 4. The van der Waals surface area contributed by atoms with Gasteiger partial charge in [0, 0.05) is 11.4 Å². The van der Waals surface area contributed by atoms with Gasteiger partial charge < -0.3 is 9.82 Å². The second-order valence-electron chi connectivity index (χ2n) is 6.93. The molecule has 0 bridgehead atoms. The highest BCUT2D eigenvalue weighted by atomic mass is 16.7. The van der Waals surface area contributed by atoms with Crippen LogP contribution in [0.25, 0.3) is 0 Å². The highest BCUT2D eigenvalue weighted by Gasteiger charge is 2.40. The minimum atomic E-state index is -0.653. The van der Waals surface area contributed by atoms with E-state index in [4.69, 9.17) is 4.84 Å². The number of aromatic amines is 1. The Labute approximate surface area is 143 Å². The zero-order valence-corrected chi connectivity index (χ0v) is 13.5. The Morgan fingerprint density at radius 2 is 1.60 bits per heavy atom. The van der Waals surface area contributed by atoms with Crippen molar-refractivity contribution < 1.29 is 19.2 Å². The fourth-order valence-electron chi connectivity index (χ4n) is 3.35. The van der Waals surface area contributed by atoms with Crippen molar-refractivity contribution in [3.8, 4) is 0 Å². The van der Waals surface area contributed by atoms with Crippen LogP contribution in [0.5, 0.6) is 0 Å². The standard InChI is InChI=1S/C19H16N2O4/c22-17-12-3-1-2-4-13(12)18(23)21(17)25-19(24)14-9-15(10-5-6-10)20-16(14)11-7-8-11/h1-4,9-11,20H,5-8H2. The summed E-state index contributed by atoms with van der Waals surface area (Å²) in [4.78, 5) is 45.9. The van der Waals surface area contributed by atoms with Crippen LogP contribution in [0.15, 0.2) is 30.3 Å². The molecule has 2 saturated carbocycles. The summed E-state index contributed by atoms with van der Waals surface area (Å²) in [5.74, 6) is -1.02. The quantitative estimate of drug-likeness (QED) is 0.870. The van der Waals surface area contributed by atoms with E-state index >= 15 is 0 Å². The number of amides is 2. The molecule has 1 aromatic carbocycles. The van der Waals surface area contributed by atoms with E-state index in [9.17, 15) is 14.4 Å². The third-order valence-electron chi connectivity index (χ3n) is 5.02. The van der Waals surface area contributed by atoms with Crippen molar-refractivity contribution in [2.45, 2.75) is 37.5 Å². The molecule has 0 unspecified atom stereocenters. The van der Waals surface area contributed by atoms with Gasteiger partial charge in [-0.2, -0.15) is 0 Å². The molecule has 1 aromatic heterocycles. The van der Waals surface area contributed by atoms with Gasteiger partial charge in [0.25, 0.3) is 11.8 Å². The van der Waals surface area contributed by atoms with E-state index < -0.39 is 17.8 Å². The van der Waals surface area contributed by atoms with E-state index in [1.54, 1.807) is 24.3 Å². The molecule has 0 saturated heterocycles. The number of rotatable bonds is 4. The maximum atomic E-state index is 12.7. The number of benzene rings is 1. The van der Waals surface area contributed by atoms with E-state index in [0.29, 0.717) is 22.5 Å². The predicted molar refractivity (Wildman–Crippen MR) is 87.1 cm³/mol. The highest BCUT2D eigenvalue weighted by molar-refractivity contribution is 6.21. The molecule has 6 heteroatoms. The Bertz CT molecular complexity index is 886. The summed E-state index contributed by atoms with van der Waals surface area (Å²) in [6.45, 7) is 0. The number of carbonyl (C=O) groups is 3. The number of H-pyrrole nitrogens is 1. The van der Waals surface area contributed by atoms with E-state index in [1.165, 1.54) is 0 Å². The summed E-state index contributed by atoms with van der Waals surface area (Å²) in [5.41, 5.74) is 2.89. The summed E-state index contributed by atoms with van der Waals surface area (Å²) in [6.07, 6.45) is 4.32. The van der Waals surface area contributed by atoms with Crippen molar-refractivity contribution in [1.29, 1.82) is 0 Å². The maximum absolute atomic E-state index is 12.7. The Kier molecular flexibility index (Phi) is 2.92. The van der Waals surface area contributed by atoms with E-state index in [1.807, 2.05) is 6.07 Å². The van der Waals surface area contributed by atoms with Gasteiger partial charge in [-0.15, -0.1) is 0 Å². The minimum absolute atomic E-state index is 0.260. The topological polar surface area (TPSA) is 79.5 Å². The molecule has 2 fully saturated rings. The lowest BCUT2D eigenvalue weighted by Gasteiger charge is -2.12. The fraction of sp³-hybridized carbons (Fsp3) is 0.316. The molecular formula is C19H16N2O4. The average molecular weight is 336 g/mol. The first-order chi connectivity index (χ1) is 12.1. The highest BCUT2D eigenvalue weighted by Crippen LogP contribution is 2.45. The molecule has 0 spiro atoms. The van der Waals surface area contributed by atoms with E-state index in [0.717, 1.165) is 37.1 Å². The number of fused-ring (bicyclic) bond motifs is 1. The van der Waals surface area contributed by atoms with Crippen LogP contribution in [-0.2, 0) is 4.84 Å². The zero-order valence-electron chi connectivity index (χ0n) is 13.5.